The summed E-state index contributed by atoms with van der Waals surface area (Å²) in [5, 5.41) is 3.18. The van der Waals surface area contributed by atoms with Crippen LogP contribution in [0.3, 0.4) is 0 Å². The summed E-state index contributed by atoms with van der Waals surface area (Å²) in [6, 6.07) is 7.37. The Labute approximate surface area is 170 Å². The molecule has 3 rings (SSSR count). The molecule has 0 spiro atoms. The highest BCUT2D eigenvalue weighted by Gasteiger charge is 2.38. The fraction of sp³-hybridized carbons (Fsp3) is 0.579. The van der Waals surface area contributed by atoms with Crippen molar-refractivity contribution in [3.8, 4) is 0 Å². The lowest BCUT2D eigenvalue weighted by molar-refractivity contribution is -0.140. The molecule has 3 N–H and O–H groups in total. The van der Waals surface area contributed by atoms with Gasteiger partial charge in [0.15, 0.2) is 0 Å². The molecule has 1 saturated heterocycles. The number of rotatable bonds is 4. The van der Waals surface area contributed by atoms with E-state index in [0.717, 1.165) is 19.3 Å². The number of hydrogen-bond donors (Lipinski definition) is 2. The third-order valence-corrected chi connectivity index (χ3v) is 6.17. The third kappa shape index (κ3) is 4.43. The summed E-state index contributed by atoms with van der Waals surface area (Å²) in [5.41, 5.74) is 8.54. The second-order valence-electron chi connectivity index (χ2n) is 7.25. The summed E-state index contributed by atoms with van der Waals surface area (Å²) in [4.78, 5) is 27.1. The zero-order valence-electron chi connectivity index (χ0n) is 15.3. The summed E-state index contributed by atoms with van der Waals surface area (Å²) >= 11 is 1.61. The van der Waals surface area contributed by atoms with Gasteiger partial charge < -0.3 is 16.0 Å². The van der Waals surface area contributed by atoms with E-state index in [0.29, 0.717) is 11.6 Å². The third-order valence-electron chi connectivity index (χ3n) is 5.16. The molecule has 0 radical (unpaired) electrons. The molecule has 2 amide bonds. The molecule has 1 aliphatic carbocycles. The maximum absolute atomic E-state index is 12.9. The van der Waals surface area contributed by atoms with E-state index in [1.165, 1.54) is 11.1 Å². The van der Waals surface area contributed by atoms with Crippen molar-refractivity contribution in [2.45, 2.75) is 51.2 Å². The van der Waals surface area contributed by atoms with Crippen molar-refractivity contribution in [3.63, 3.8) is 0 Å². The molecule has 144 valence electrons. The van der Waals surface area contributed by atoms with E-state index in [4.69, 9.17) is 5.73 Å². The molecule has 2 aliphatic rings. The first kappa shape index (κ1) is 21.3. The first-order valence-corrected chi connectivity index (χ1v) is 10.2. The fourth-order valence-corrected chi connectivity index (χ4v) is 4.69. The minimum Gasteiger partial charge on any atom is -0.347 e. The number of nitrogens with two attached hydrogens (primary N) is 1. The largest absolute Gasteiger partial charge is 0.347 e. The first-order chi connectivity index (χ1) is 12.0. The number of nitrogens with one attached hydrogen (secondary N) is 1. The van der Waals surface area contributed by atoms with E-state index in [-0.39, 0.29) is 40.8 Å². The Morgan fingerprint density at radius 2 is 2.04 bits per heavy atom. The van der Waals surface area contributed by atoms with Gasteiger partial charge in [0.2, 0.25) is 11.8 Å². The lowest BCUT2D eigenvalue weighted by Crippen LogP contribution is -2.53. The molecule has 26 heavy (non-hydrogen) atoms. The number of hydrogen-bond acceptors (Lipinski definition) is 4. The monoisotopic (exact) mass is 441 g/mol. The zero-order valence-corrected chi connectivity index (χ0v) is 17.8. The van der Waals surface area contributed by atoms with Gasteiger partial charge in [0.05, 0.1) is 18.0 Å². The van der Waals surface area contributed by atoms with E-state index >= 15 is 0 Å². The molecule has 1 aromatic rings. The Morgan fingerprint density at radius 3 is 2.77 bits per heavy atom. The van der Waals surface area contributed by atoms with Gasteiger partial charge in [-0.05, 0) is 36.3 Å². The van der Waals surface area contributed by atoms with Gasteiger partial charge in [-0.2, -0.15) is 0 Å². The Bertz CT molecular complexity index is 655. The lowest BCUT2D eigenvalue weighted by Gasteiger charge is -2.31. The van der Waals surface area contributed by atoms with Gasteiger partial charge in [0.1, 0.15) is 6.04 Å². The summed E-state index contributed by atoms with van der Waals surface area (Å²) < 4.78 is 0. The summed E-state index contributed by atoms with van der Waals surface area (Å²) in [6.45, 7) is 3.86. The quantitative estimate of drug-likeness (QED) is 0.752. The minimum atomic E-state index is -0.551. The van der Waals surface area contributed by atoms with Crippen molar-refractivity contribution in [1.29, 1.82) is 0 Å². The van der Waals surface area contributed by atoms with Gasteiger partial charge in [-0.3, -0.25) is 9.59 Å². The van der Waals surface area contributed by atoms with Crippen molar-refractivity contribution in [3.05, 3.63) is 35.4 Å². The number of benzene rings is 1. The van der Waals surface area contributed by atoms with Crippen LogP contribution >= 0.6 is 28.7 Å². The van der Waals surface area contributed by atoms with Crippen LogP contribution in [0.4, 0.5) is 0 Å². The normalized spacial score (nSPS) is 23.2. The number of fused-ring (bicyclic) bond motifs is 1. The Kier molecular flexibility index (Phi) is 7.55. The molecule has 3 atom stereocenters. The minimum absolute atomic E-state index is 0. The zero-order chi connectivity index (χ0) is 18.0. The fourth-order valence-electron chi connectivity index (χ4n) is 3.53. The highest BCUT2D eigenvalue weighted by Crippen LogP contribution is 2.30. The predicted molar refractivity (Wildman–Crippen MR) is 111 cm³/mol. The molecule has 1 fully saturated rings. The Hall–Kier alpha value is -1.05. The van der Waals surface area contributed by atoms with Crippen molar-refractivity contribution in [2.75, 3.05) is 11.6 Å². The molecule has 1 aromatic carbocycles. The van der Waals surface area contributed by atoms with Crippen LogP contribution in [-0.2, 0) is 16.0 Å². The van der Waals surface area contributed by atoms with Crippen LogP contribution in [-0.4, -0.2) is 40.4 Å². The van der Waals surface area contributed by atoms with E-state index in [9.17, 15) is 9.59 Å². The molecular weight excluding hydrogens is 414 g/mol. The van der Waals surface area contributed by atoms with Crippen LogP contribution in [0.5, 0.6) is 0 Å². The number of aryl methyl sites for hydroxylation is 1. The Morgan fingerprint density at radius 1 is 1.31 bits per heavy atom. The molecule has 7 heteroatoms. The summed E-state index contributed by atoms with van der Waals surface area (Å²) in [5.74, 6) is 1.06. The topological polar surface area (TPSA) is 75.4 Å². The van der Waals surface area contributed by atoms with Gasteiger partial charge in [0.25, 0.3) is 0 Å². The first-order valence-electron chi connectivity index (χ1n) is 9.01. The second kappa shape index (κ2) is 9.24. The molecule has 0 aromatic heterocycles. The maximum Gasteiger partial charge on any atom is 0.244 e. The van der Waals surface area contributed by atoms with Gasteiger partial charge in [-0.1, -0.05) is 38.1 Å². The van der Waals surface area contributed by atoms with Crippen LogP contribution in [0.25, 0.3) is 0 Å². The summed E-state index contributed by atoms with van der Waals surface area (Å²) in [7, 11) is 0. The summed E-state index contributed by atoms with van der Waals surface area (Å²) in [6.07, 6.45) is 3.08. The van der Waals surface area contributed by atoms with Crippen molar-refractivity contribution in [2.24, 2.45) is 11.7 Å². The van der Waals surface area contributed by atoms with E-state index < -0.39 is 12.1 Å². The van der Waals surface area contributed by atoms with Crippen LogP contribution in [0.15, 0.2) is 24.3 Å². The number of carbonyl (C=O) groups excluding carboxylic acids is 2. The van der Waals surface area contributed by atoms with Crippen LogP contribution in [0.1, 0.15) is 43.9 Å². The standard InChI is InChI=1S/C19H27N3O2S.BrH/c1-12(2)17(20)19(24)22-11-25-10-16(22)18(23)21-15-9-5-7-13-6-3-4-8-14(13)15;/h3-4,6,8,12,15-17H,5,7,9-11,20H2,1-2H3,(H,21,23);1H. The van der Waals surface area contributed by atoms with E-state index in [1.54, 1.807) is 16.7 Å². The van der Waals surface area contributed by atoms with E-state index in [1.807, 2.05) is 26.0 Å². The van der Waals surface area contributed by atoms with Crippen LogP contribution in [0, 0.1) is 5.92 Å². The molecule has 0 bridgehead atoms. The van der Waals surface area contributed by atoms with E-state index in [2.05, 4.69) is 17.4 Å². The SMILES string of the molecule is Br.CC(C)C(N)C(=O)N1CSCC1C(=O)NC1CCCc2ccccc21. The number of thioether (sulfide) groups is 1. The van der Waals surface area contributed by atoms with Gasteiger partial charge in [0, 0.05) is 5.75 Å². The number of carbonyl (C=O) groups is 2. The predicted octanol–water partition coefficient (Wildman–Crippen LogP) is 2.64. The van der Waals surface area contributed by atoms with Gasteiger partial charge in [-0.25, -0.2) is 0 Å². The highest BCUT2D eigenvalue weighted by molar-refractivity contribution is 8.93. The van der Waals surface area contributed by atoms with Crippen molar-refractivity contribution in [1.82, 2.24) is 10.2 Å². The molecular formula is C19H28BrN3O2S. The molecule has 1 aliphatic heterocycles. The van der Waals surface area contributed by atoms with Crippen molar-refractivity contribution < 1.29 is 9.59 Å². The molecule has 3 unspecified atom stereocenters. The molecule has 1 heterocycles. The lowest BCUT2D eigenvalue weighted by atomic mass is 9.87. The number of halogens is 1. The maximum atomic E-state index is 12.9. The van der Waals surface area contributed by atoms with Crippen molar-refractivity contribution >= 4 is 40.6 Å². The molecule has 5 nitrogen and oxygen atoms in total. The Balaban J connectivity index is 0.00000243. The van der Waals surface area contributed by atoms with Gasteiger partial charge >= 0.3 is 0 Å². The van der Waals surface area contributed by atoms with Crippen LogP contribution < -0.4 is 11.1 Å². The van der Waals surface area contributed by atoms with Crippen LogP contribution in [0.2, 0.25) is 0 Å². The van der Waals surface area contributed by atoms with Gasteiger partial charge in [-0.15, -0.1) is 28.7 Å². The molecule has 0 saturated carbocycles. The smallest absolute Gasteiger partial charge is 0.244 e. The highest BCUT2D eigenvalue weighted by atomic mass is 79.9. The average molecular weight is 442 g/mol. The number of nitrogens with zero attached hydrogens (tertiary/aromatic N) is 1. The second-order valence-corrected chi connectivity index (χ2v) is 8.25. The number of amides is 2. The average Bonchev–Trinajstić information content (AvgIpc) is 3.10.